The summed E-state index contributed by atoms with van der Waals surface area (Å²) in [5, 5.41) is 10.1. The molecule has 0 aliphatic rings. The summed E-state index contributed by atoms with van der Waals surface area (Å²) in [6.07, 6.45) is 0.432. The first-order valence-electron chi connectivity index (χ1n) is 7.65. The van der Waals surface area contributed by atoms with Crippen molar-refractivity contribution < 1.29 is 14.6 Å². The topological polar surface area (TPSA) is 46.5 Å². The molecule has 122 valence electrons. The Kier molecular flexibility index (Phi) is 6.05. The molecule has 2 aromatic carbocycles. The van der Waals surface area contributed by atoms with Crippen LogP contribution in [0.25, 0.3) is 0 Å². The molecule has 1 unspecified atom stereocenters. The van der Waals surface area contributed by atoms with Crippen LogP contribution in [0.2, 0.25) is 5.02 Å². The minimum Gasteiger partial charge on any atom is -0.493 e. The van der Waals surface area contributed by atoms with E-state index in [4.69, 9.17) is 16.3 Å². The largest absolute Gasteiger partial charge is 0.493 e. The van der Waals surface area contributed by atoms with Crippen molar-refractivity contribution in [3.63, 3.8) is 0 Å². The number of hydrogen-bond acceptors (Lipinski definition) is 2. The monoisotopic (exact) mass is 332 g/mol. The summed E-state index contributed by atoms with van der Waals surface area (Å²) in [7, 11) is 0. The lowest BCUT2D eigenvalue weighted by Crippen LogP contribution is -2.14. The Morgan fingerprint density at radius 3 is 2.22 bits per heavy atom. The van der Waals surface area contributed by atoms with Gasteiger partial charge < -0.3 is 9.84 Å². The number of hydrogen-bond donors (Lipinski definition) is 1. The molecular weight excluding hydrogens is 312 g/mol. The lowest BCUT2D eigenvalue weighted by atomic mass is 9.92. The summed E-state index contributed by atoms with van der Waals surface area (Å²) in [6.45, 7) is 4.86. The van der Waals surface area contributed by atoms with Gasteiger partial charge in [0.2, 0.25) is 0 Å². The molecule has 0 bridgehead atoms. The normalized spacial score (nSPS) is 12.2. The molecule has 0 saturated heterocycles. The lowest BCUT2D eigenvalue weighted by Gasteiger charge is -2.14. The molecule has 4 heteroatoms. The predicted octanol–water partition coefficient (Wildman–Crippen LogP) is 4.79. The first kappa shape index (κ1) is 17.4. The van der Waals surface area contributed by atoms with Gasteiger partial charge >= 0.3 is 5.97 Å². The maximum absolute atomic E-state index is 11.6. The molecule has 0 spiro atoms. The Labute approximate surface area is 141 Å². The highest BCUT2D eigenvalue weighted by atomic mass is 35.5. The van der Waals surface area contributed by atoms with Gasteiger partial charge in [0, 0.05) is 5.02 Å². The van der Waals surface area contributed by atoms with Gasteiger partial charge in [-0.3, -0.25) is 4.79 Å². The molecule has 1 atom stereocenters. The van der Waals surface area contributed by atoms with Crippen LogP contribution in [-0.2, 0) is 11.2 Å². The van der Waals surface area contributed by atoms with Crippen LogP contribution in [0.3, 0.4) is 0 Å². The fourth-order valence-electron chi connectivity index (χ4n) is 2.26. The molecule has 3 nitrogen and oxygen atoms in total. The zero-order valence-electron chi connectivity index (χ0n) is 13.3. The second-order valence-electron chi connectivity index (χ2n) is 6.00. The first-order chi connectivity index (χ1) is 11.0. The van der Waals surface area contributed by atoms with Gasteiger partial charge in [-0.2, -0.15) is 0 Å². The molecule has 2 rings (SSSR count). The number of halogens is 1. The zero-order valence-corrected chi connectivity index (χ0v) is 14.1. The van der Waals surface area contributed by atoms with Gasteiger partial charge in [0.1, 0.15) is 5.75 Å². The first-order valence-corrected chi connectivity index (χ1v) is 8.03. The van der Waals surface area contributed by atoms with Crippen LogP contribution in [0.4, 0.5) is 0 Å². The summed E-state index contributed by atoms with van der Waals surface area (Å²) < 4.78 is 5.64. The summed E-state index contributed by atoms with van der Waals surface area (Å²) in [5.41, 5.74) is 1.71. The average molecular weight is 333 g/mol. The Morgan fingerprint density at radius 1 is 1.09 bits per heavy atom. The molecular formula is C19H21ClO3. The number of carbonyl (C=O) groups is 1. The fourth-order valence-corrected chi connectivity index (χ4v) is 2.39. The van der Waals surface area contributed by atoms with Crippen LogP contribution in [-0.4, -0.2) is 17.7 Å². The molecule has 0 heterocycles. The molecule has 0 aromatic heterocycles. The molecule has 1 N–H and O–H groups in total. The van der Waals surface area contributed by atoms with E-state index in [2.05, 4.69) is 13.8 Å². The van der Waals surface area contributed by atoms with Gasteiger partial charge in [-0.05, 0) is 47.7 Å². The van der Waals surface area contributed by atoms with Crippen molar-refractivity contribution in [2.75, 3.05) is 6.61 Å². The van der Waals surface area contributed by atoms with E-state index in [0.717, 1.165) is 16.9 Å². The minimum absolute atomic E-state index is 0.432. The summed E-state index contributed by atoms with van der Waals surface area (Å²) >= 11 is 5.86. The van der Waals surface area contributed by atoms with Crippen molar-refractivity contribution in [1.29, 1.82) is 0 Å². The molecule has 0 aliphatic heterocycles. The zero-order chi connectivity index (χ0) is 16.8. The number of rotatable bonds is 7. The average Bonchev–Trinajstić information content (AvgIpc) is 2.52. The van der Waals surface area contributed by atoms with E-state index >= 15 is 0 Å². The summed E-state index contributed by atoms with van der Waals surface area (Å²) in [6, 6.07) is 14.6. The third kappa shape index (κ3) is 5.29. The highest BCUT2D eigenvalue weighted by molar-refractivity contribution is 6.30. The number of benzene rings is 2. The van der Waals surface area contributed by atoms with Gasteiger partial charge in [-0.1, -0.05) is 49.7 Å². The second-order valence-corrected chi connectivity index (χ2v) is 6.43. The third-order valence-corrected chi connectivity index (χ3v) is 3.77. The van der Waals surface area contributed by atoms with Crippen molar-refractivity contribution in [3.8, 4) is 5.75 Å². The highest BCUT2D eigenvalue weighted by Crippen LogP contribution is 2.24. The number of ether oxygens (including phenoxy) is 1. The van der Waals surface area contributed by atoms with Crippen molar-refractivity contribution >= 4 is 17.6 Å². The molecule has 0 radical (unpaired) electrons. The minimum atomic E-state index is -0.840. The molecule has 0 aliphatic carbocycles. The van der Waals surface area contributed by atoms with Crippen LogP contribution >= 0.6 is 11.6 Å². The van der Waals surface area contributed by atoms with Crippen molar-refractivity contribution in [3.05, 3.63) is 64.7 Å². The van der Waals surface area contributed by atoms with E-state index in [0.29, 0.717) is 24.0 Å². The van der Waals surface area contributed by atoms with E-state index < -0.39 is 11.9 Å². The van der Waals surface area contributed by atoms with Gasteiger partial charge in [-0.15, -0.1) is 0 Å². The maximum atomic E-state index is 11.6. The van der Waals surface area contributed by atoms with E-state index in [1.54, 1.807) is 24.3 Å². The standard InChI is InChI=1S/C19H21ClO3/c1-13(2)12-23-17-9-3-14(4-10-17)11-18(19(21)22)15-5-7-16(20)8-6-15/h3-10,13,18H,11-12H2,1-2H3,(H,21,22). The highest BCUT2D eigenvalue weighted by Gasteiger charge is 2.20. The second kappa shape index (κ2) is 8.02. The summed E-state index contributed by atoms with van der Waals surface area (Å²) in [5.74, 6) is -0.154. The molecule has 0 saturated carbocycles. The Bertz CT molecular complexity index is 633. The van der Waals surface area contributed by atoms with Crippen LogP contribution in [0.5, 0.6) is 5.75 Å². The Morgan fingerprint density at radius 2 is 1.70 bits per heavy atom. The predicted molar refractivity (Wildman–Crippen MR) is 92.3 cm³/mol. The lowest BCUT2D eigenvalue weighted by molar-refractivity contribution is -0.138. The van der Waals surface area contributed by atoms with Gasteiger partial charge in [-0.25, -0.2) is 0 Å². The number of carboxylic acid groups (broad SMARTS) is 1. The van der Waals surface area contributed by atoms with E-state index in [-0.39, 0.29) is 0 Å². The van der Waals surface area contributed by atoms with Crippen LogP contribution in [0, 0.1) is 5.92 Å². The molecule has 0 amide bonds. The molecule has 0 fully saturated rings. The van der Waals surface area contributed by atoms with Crippen molar-refractivity contribution in [1.82, 2.24) is 0 Å². The Hall–Kier alpha value is -2.00. The smallest absolute Gasteiger partial charge is 0.311 e. The van der Waals surface area contributed by atoms with E-state index in [9.17, 15) is 9.90 Å². The van der Waals surface area contributed by atoms with Crippen molar-refractivity contribution in [2.24, 2.45) is 5.92 Å². The van der Waals surface area contributed by atoms with Gasteiger partial charge in [0.25, 0.3) is 0 Å². The van der Waals surface area contributed by atoms with Gasteiger partial charge in [0.15, 0.2) is 0 Å². The quantitative estimate of drug-likeness (QED) is 0.793. The van der Waals surface area contributed by atoms with Crippen LogP contribution in [0.15, 0.2) is 48.5 Å². The number of aliphatic carboxylic acids is 1. The SMILES string of the molecule is CC(C)COc1ccc(CC(C(=O)O)c2ccc(Cl)cc2)cc1. The molecule has 2 aromatic rings. The Balaban J connectivity index is 2.08. The maximum Gasteiger partial charge on any atom is 0.311 e. The summed E-state index contributed by atoms with van der Waals surface area (Å²) in [4.78, 5) is 11.6. The third-order valence-electron chi connectivity index (χ3n) is 3.52. The van der Waals surface area contributed by atoms with Crippen LogP contribution < -0.4 is 4.74 Å². The van der Waals surface area contributed by atoms with E-state index in [1.807, 2.05) is 24.3 Å². The van der Waals surface area contributed by atoms with Crippen molar-refractivity contribution in [2.45, 2.75) is 26.2 Å². The van der Waals surface area contributed by atoms with Crippen LogP contribution in [0.1, 0.15) is 30.9 Å². The molecule has 23 heavy (non-hydrogen) atoms. The van der Waals surface area contributed by atoms with E-state index in [1.165, 1.54) is 0 Å². The number of carboxylic acids is 1. The fraction of sp³-hybridized carbons (Fsp3) is 0.316. The van der Waals surface area contributed by atoms with Gasteiger partial charge in [0.05, 0.1) is 12.5 Å².